The maximum absolute atomic E-state index is 10.5. The van der Waals surface area contributed by atoms with Crippen molar-refractivity contribution in [2.24, 2.45) is 11.8 Å². The maximum atomic E-state index is 10.5. The first-order chi connectivity index (χ1) is 7.58. The largest absolute Gasteiger partial charge is 0.389 e. The van der Waals surface area contributed by atoms with E-state index in [4.69, 9.17) is 0 Å². The molecule has 0 bridgehead atoms. The molecule has 0 saturated heterocycles. The van der Waals surface area contributed by atoms with Gasteiger partial charge in [0.2, 0.25) is 0 Å². The molecule has 0 spiro atoms. The summed E-state index contributed by atoms with van der Waals surface area (Å²) in [4.78, 5) is 0. The summed E-state index contributed by atoms with van der Waals surface area (Å²) in [5.41, 5.74) is -0.484. The predicted molar refractivity (Wildman–Crippen MR) is 67.4 cm³/mol. The SMILES string of the molecule is CC1CCC(NCC(C)(O)C2CCCC2)C1. The lowest BCUT2D eigenvalue weighted by molar-refractivity contribution is 0.000218. The highest BCUT2D eigenvalue weighted by molar-refractivity contribution is 4.89. The Kier molecular flexibility index (Phi) is 3.91. The Morgan fingerprint density at radius 3 is 2.44 bits per heavy atom. The van der Waals surface area contributed by atoms with E-state index in [0.717, 1.165) is 12.5 Å². The van der Waals surface area contributed by atoms with Crippen LogP contribution in [0.4, 0.5) is 0 Å². The van der Waals surface area contributed by atoms with E-state index >= 15 is 0 Å². The summed E-state index contributed by atoms with van der Waals surface area (Å²) in [5.74, 6) is 1.40. The molecule has 2 saturated carbocycles. The molecule has 2 fully saturated rings. The van der Waals surface area contributed by atoms with Gasteiger partial charge in [-0.1, -0.05) is 19.8 Å². The minimum atomic E-state index is -0.484. The van der Waals surface area contributed by atoms with Crippen LogP contribution in [0.1, 0.15) is 58.8 Å². The van der Waals surface area contributed by atoms with Crippen LogP contribution in [0.3, 0.4) is 0 Å². The Balaban J connectivity index is 1.75. The van der Waals surface area contributed by atoms with E-state index in [-0.39, 0.29) is 0 Å². The van der Waals surface area contributed by atoms with E-state index in [1.807, 2.05) is 6.92 Å². The van der Waals surface area contributed by atoms with E-state index in [0.29, 0.717) is 12.0 Å². The van der Waals surface area contributed by atoms with Crippen molar-refractivity contribution in [2.45, 2.75) is 70.4 Å². The fourth-order valence-corrected chi connectivity index (χ4v) is 3.44. The van der Waals surface area contributed by atoms with Gasteiger partial charge in [-0.05, 0) is 50.9 Å². The van der Waals surface area contributed by atoms with Gasteiger partial charge in [0, 0.05) is 12.6 Å². The first kappa shape index (κ1) is 12.4. The van der Waals surface area contributed by atoms with Gasteiger partial charge in [0.15, 0.2) is 0 Å². The van der Waals surface area contributed by atoms with Gasteiger partial charge in [0.25, 0.3) is 0 Å². The lowest BCUT2D eigenvalue weighted by Crippen LogP contribution is -2.46. The molecule has 2 heteroatoms. The van der Waals surface area contributed by atoms with E-state index in [2.05, 4.69) is 12.2 Å². The minimum absolute atomic E-state index is 0.484. The molecule has 2 aliphatic carbocycles. The fourth-order valence-electron chi connectivity index (χ4n) is 3.44. The standard InChI is InChI=1S/C14H27NO/c1-11-7-8-13(9-11)15-10-14(2,16)12-5-3-4-6-12/h11-13,15-16H,3-10H2,1-2H3. The topological polar surface area (TPSA) is 32.3 Å². The maximum Gasteiger partial charge on any atom is 0.0771 e. The highest BCUT2D eigenvalue weighted by Crippen LogP contribution is 2.34. The summed E-state index contributed by atoms with van der Waals surface area (Å²) in [6.45, 7) is 5.14. The lowest BCUT2D eigenvalue weighted by Gasteiger charge is -2.31. The number of nitrogens with one attached hydrogen (secondary N) is 1. The van der Waals surface area contributed by atoms with Crippen molar-refractivity contribution < 1.29 is 5.11 Å². The molecule has 3 atom stereocenters. The highest BCUT2D eigenvalue weighted by Gasteiger charge is 2.34. The third-order valence-corrected chi connectivity index (χ3v) is 4.68. The van der Waals surface area contributed by atoms with E-state index in [1.165, 1.54) is 44.9 Å². The zero-order chi connectivity index (χ0) is 11.6. The van der Waals surface area contributed by atoms with Gasteiger partial charge >= 0.3 is 0 Å². The number of rotatable bonds is 4. The van der Waals surface area contributed by atoms with Gasteiger partial charge in [-0.3, -0.25) is 0 Å². The second-order valence-corrected chi connectivity index (χ2v) is 6.33. The molecule has 94 valence electrons. The van der Waals surface area contributed by atoms with Crippen LogP contribution in [0.15, 0.2) is 0 Å². The number of hydrogen-bond donors (Lipinski definition) is 2. The molecule has 2 aliphatic rings. The van der Waals surface area contributed by atoms with Gasteiger partial charge in [0.05, 0.1) is 5.60 Å². The number of hydrogen-bond acceptors (Lipinski definition) is 2. The van der Waals surface area contributed by atoms with Gasteiger partial charge in [-0.25, -0.2) is 0 Å². The lowest BCUT2D eigenvalue weighted by atomic mass is 9.87. The summed E-state index contributed by atoms with van der Waals surface area (Å²) in [7, 11) is 0. The predicted octanol–water partition coefficient (Wildman–Crippen LogP) is 2.71. The molecule has 0 aliphatic heterocycles. The molecule has 0 aromatic carbocycles. The summed E-state index contributed by atoms with van der Waals surface area (Å²) in [6, 6.07) is 0.655. The Morgan fingerprint density at radius 2 is 1.88 bits per heavy atom. The number of aliphatic hydroxyl groups is 1. The molecule has 16 heavy (non-hydrogen) atoms. The van der Waals surface area contributed by atoms with E-state index in [9.17, 15) is 5.11 Å². The van der Waals surface area contributed by atoms with Crippen LogP contribution < -0.4 is 5.32 Å². The van der Waals surface area contributed by atoms with Crippen molar-refractivity contribution in [2.75, 3.05) is 6.54 Å². The van der Waals surface area contributed by atoms with Gasteiger partial charge < -0.3 is 10.4 Å². The third kappa shape index (κ3) is 2.98. The molecule has 0 aromatic rings. The Hall–Kier alpha value is -0.0800. The molecule has 0 heterocycles. The van der Waals surface area contributed by atoms with E-state index in [1.54, 1.807) is 0 Å². The van der Waals surface area contributed by atoms with Crippen molar-refractivity contribution in [1.82, 2.24) is 5.32 Å². The molecule has 2 N–H and O–H groups in total. The normalized spacial score (nSPS) is 35.4. The van der Waals surface area contributed by atoms with Crippen LogP contribution >= 0.6 is 0 Å². The van der Waals surface area contributed by atoms with Crippen LogP contribution in [-0.4, -0.2) is 23.3 Å². The summed E-state index contributed by atoms with van der Waals surface area (Å²) in [6.07, 6.45) is 8.99. The molecule has 2 rings (SSSR count). The van der Waals surface area contributed by atoms with Crippen molar-refractivity contribution in [3.05, 3.63) is 0 Å². The summed E-state index contributed by atoms with van der Waals surface area (Å²) < 4.78 is 0. The first-order valence-electron chi connectivity index (χ1n) is 7.03. The summed E-state index contributed by atoms with van der Waals surface area (Å²) >= 11 is 0. The Bertz CT molecular complexity index is 221. The molecular formula is C14H27NO. The zero-order valence-electron chi connectivity index (χ0n) is 10.8. The second kappa shape index (κ2) is 5.05. The van der Waals surface area contributed by atoms with Crippen molar-refractivity contribution in [1.29, 1.82) is 0 Å². The monoisotopic (exact) mass is 225 g/mol. The van der Waals surface area contributed by atoms with Crippen molar-refractivity contribution >= 4 is 0 Å². The molecule has 0 aromatic heterocycles. The molecule has 0 radical (unpaired) electrons. The van der Waals surface area contributed by atoms with Crippen LogP contribution in [-0.2, 0) is 0 Å². The second-order valence-electron chi connectivity index (χ2n) is 6.33. The van der Waals surface area contributed by atoms with Gasteiger partial charge in [-0.15, -0.1) is 0 Å². The average Bonchev–Trinajstić information content (AvgIpc) is 2.85. The zero-order valence-corrected chi connectivity index (χ0v) is 10.8. The van der Waals surface area contributed by atoms with Crippen molar-refractivity contribution in [3.63, 3.8) is 0 Å². The van der Waals surface area contributed by atoms with Crippen LogP contribution in [0, 0.1) is 11.8 Å². The first-order valence-corrected chi connectivity index (χ1v) is 7.03. The molecule has 3 unspecified atom stereocenters. The Morgan fingerprint density at radius 1 is 1.19 bits per heavy atom. The van der Waals surface area contributed by atoms with Crippen LogP contribution in [0.5, 0.6) is 0 Å². The van der Waals surface area contributed by atoms with Gasteiger partial charge in [-0.2, -0.15) is 0 Å². The summed E-state index contributed by atoms with van der Waals surface area (Å²) in [5, 5.41) is 14.1. The highest BCUT2D eigenvalue weighted by atomic mass is 16.3. The smallest absolute Gasteiger partial charge is 0.0771 e. The molecular weight excluding hydrogens is 198 g/mol. The molecule has 2 nitrogen and oxygen atoms in total. The minimum Gasteiger partial charge on any atom is -0.389 e. The average molecular weight is 225 g/mol. The van der Waals surface area contributed by atoms with Gasteiger partial charge in [0.1, 0.15) is 0 Å². The third-order valence-electron chi connectivity index (χ3n) is 4.68. The van der Waals surface area contributed by atoms with Crippen LogP contribution in [0.25, 0.3) is 0 Å². The van der Waals surface area contributed by atoms with Crippen LogP contribution in [0.2, 0.25) is 0 Å². The molecule has 0 amide bonds. The fraction of sp³-hybridized carbons (Fsp3) is 1.00. The Labute approximate surface area is 99.8 Å². The quantitative estimate of drug-likeness (QED) is 0.771. The van der Waals surface area contributed by atoms with E-state index < -0.39 is 5.60 Å². The van der Waals surface area contributed by atoms with Crippen molar-refractivity contribution in [3.8, 4) is 0 Å².